The van der Waals surface area contributed by atoms with Crippen LogP contribution in [0.15, 0.2) is 42.5 Å². The van der Waals surface area contributed by atoms with Gasteiger partial charge in [-0.05, 0) is 81.3 Å². The molecule has 3 aromatic rings. The van der Waals surface area contributed by atoms with Crippen LogP contribution in [0.5, 0.6) is 0 Å². The first kappa shape index (κ1) is 25.5. The fourth-order valence-corrected chi connectivity index (χ4v) is 6.38. The summed E-state index contributed by atoms with van der Waals surface area (Å²) in [5.41, 5.74) is 6.56. The summed E-state index contributed by atoms with van der Waals surface area (Å²) >= 11 is 0. The topological polar surface area (TPSA) is 82.9 Å². The van der Waals surface area contributed by atoms with E-state index < -0.39 is 5.97 Å². The van der Waals surface area contributed by atoms with Gasteiger partial charge in [0.25, 0.3) is 0 Å². The van der Waals surface area contributed by atoms with Crippen LogP contribution in [-0.2, 0) is 17.6 Å². The average molecular weight is 502 g/mol. The first-order valence-corrected chi connectivity index (χ1v) is 13.7. The maximum absolute atomic E-state index is 11.8. The highest BCUT2D eigenvalue weighted by atomic mass is 16.4. The van der Waals surface area contributed by atoms with Gasteiger partial charge in [-0.25, -0.2) is 9.67 Å². The molecule has 2 aliphatic heterocycles. The third kappa shape index (κ3) is 6.04. The number of aliphatic carboxylic acids is 1. The molecular formula is C30H39N5O2. The fraction of sp³-hybridized carbons (Fsp3) is 0.500. The van der Waals surface area contributed by atoms with E-state index in [0.717, 1.165) is 78.4 Å². The molecule has 4 heterocycles. The third-order valence-corrected chi connectivity index (χ3v) is 8.21. The van der Waals surface area contributed by atoms with E-state index in [9.17, 15) is 9.90 Å². The number of nitrogens with one attached hydrogen (secondary N) is 1. The number of quaternary nitrogens is 1. The molecule has 0 amide bonds. The van der Waals surface area contributed by atoms with Gasteiger partial charge in [-0.15, -0.1) is 0 Å². The average Bonchev–Trinajstić information content (AvgIpc) is 3.42. The molecular weight excluding hydrogens is 462 g/mol. The molecule has 37 heavy (non-hydrogen) atoms. The van der Waals surface area contributed by atoms with Crippen molar-refractivity contribution in [2.45, 2.75) is 58.3 Å². The van der Waals surface area contributed by atoms with Crippen molar-refractivity contribution in [3.8, 4) is 5.69 Å². The summed E-state index contributed by atoms with van der Waals surface area (Å²) in [6.07, 6.45) is 5.61. The van der Waals surface area contributed by atoms with Gasteiger partial charge in [0.15, 0.2) is 0 Å². The van der Waals surface area contributed by atoms with Crippen LogP contribution in [0.2, 0.25) is 0 Å². The van der Waals surface area contributed by atoms with Gasteiger partial charge in [-0.3, -0.25) is 0 Å². The van der Waals surface area contributed by atoms with Gasteiger partial charge in [0, 0.05) is 42.2 Å². The number of hydrogen-bond acceptors (Lipinski definition) is 5. The van der Waals surface area contributed by atoms with Crippen molar-refractivity contribution in [2.24, 2.45) is 5.92 Å². The van der Waals surface area contributed by atoms with Crippen LogP contribution in [0.3, 0.4) is 0 Å². The lowest BCUT2D eigenvalue weighted by Crippen LogP contribution is -2.45. The third-order valence-electron chi connectivity index (χ3n) is 8.21. The number of fused-ring (bicyclic) bond motifs is 1. The molecule has 0 saturated carbocycles. The molecule has 0 spiro atoms. The van der Waals surface area contributed by atoms with E-state index >= 15 is 0 Å². The van der Waals surface area contributed by atoms with Crippen molar-refractivity contribution in [3.63, 3.8) is 0 Å². The molecule has 0 radical (unpaired) electrons. The number of carbonyl (C=O) groups is 1. The molecule has 0 unspecified atom stereocenters. The normalized spacial score (nSPS) is 21.9. The summed E-state index contributed by atoms with van der Waals surface area (Å²) in [5, 5.41) is 19.8. The number of aromatic nitrogens is 3. The van der Waals surface area contributed by atoms with E-state index in [1.165, 1.54) is 24.1 Å². The summed E-state index contributed by atoms with van der Waals surface area (Å²) in [6.45, 7) is 7.98. The summed E-state index contributed by atoms with van der Waals surface area (Å²) in [4.78, 5) is 16.6. The molecule has 0 aliphatic carbocycles. The van der Waals surface area contributed by atoms with Crippen LogP contribution in [0.1, 0.15) is 59.8 Å². The molecule has 2 aliphatic rings. The monoisotopic (exact) mass is 501 g/mol. The van der Waals surface area contributed by atoms with E-state index in [0.29, 0.717) is 5.92 Å². The number of likely N-dealkylation sites (tertiary alicyclic amines) is 1. The number of pyridine rings is 1. The Labute approximate surface area is 220 Å². The summed E-state index contributed by atoms with van der Waals surface area (Å²) < 4.78 is 2.83. The van der Waals surface area contributed by atoms with Crippen LogP contribution in [0, 0.1) is 19.8 Å². The molecule has 3 atom stereocenters. The Hall–Kier alpha value is -3.19. The Kier molecular flexibility index (Phi) is 7.33. The molecule has 196 valence electrons. The second kappa shape index (κ2) is 10.7. The minimum atomic E-state index is -0.990. The SMILES string of the molecule is Cc1cc(C)n(-c2cccc([C@H](CC(=O)[O-])C[N@+]3(C)CC[C@H](CCc4ccc5c(n4)NCCC5)C3)c2)n1. The van der Waals surface area contributed by atoms with E-state index in [1.807, 2.05) is 30.7 Å². The number of nitrogens with zero attached hydrogens (tertiary/aromatic N) is 4. The number of hydrogen-bond donors (Lipinski definition) is 1. The zero-order chi connectivity index (χ0) is 26.0. The lowest BCUT2D eigenvalue weighted by molar-refractivity contribution is -0.900. The van der Waals surface area contributed by atoms with Crippen molar-refractivity contribution in [2.75, 3.05) is 38.5 Å². The van der Waals surface area contributed by atoms with Crippen LogP contribution >= 0.6 is 0 Å². The zero-order valence-corrected chi connectivity index (χ0v) is 22.4. The largest absolute Gasteiger partial charge is 0.550 e. The second-order valence-corrected chi connectivity index (χ2v) is 11.4. The van der Waals surface area contributed by atoms with E-state index in [1.54, 1.807) is 0 Å². The first-order valence-electron chi connectivity index (χ1n) is 13.7. The van der Waals surface area contributed by atoms with Gasteiger partial charge in [0.1, 0.15) is 5.82 Å². The number of benzene rings is 1. The number of carboxylic acids is 1. The molecule has 5 rings (SSSR count). The van der Waals surface area contributed by atoms with E-state index in [4.69, 9.17) is 4.98 Å². The Morgan fingerprint density at radius 2 is 2.11 bits per heavy atom. The molecule has 1 saturated heterocycles. The molecule has 1 N–H and O–H groups in total. The Bertz CT molecular complexity index is 1270. The van der Waals surface area contributed by atoms with Gasteiger partial charge in [-0.2, -0.15) is 5.10 Å². The molecule has 1 aromatic carbocycles. The summed E-state index contributed by atoms with van der Waals surface area (Å²) in [6, 6.07) is 14.7. The fourth-order valence-electron chi connectivity index (χ4n) is 6.38. The van der Waals surface area contributed by atoms with Crippen molar-refractivity contribution < 1.29 is 14.4 Å². The van der Waals surface area contributed by atoms with Crippen LogP contribution in [0.25, 0.3) is 5.69 Å². The molecule has 7 heteroatoms. The number of anilines is 1. The van der Waals surface area contributed by atoms with Crippen molar-refractivity contribution in [3.05, 3.63) is 70.7 Å². The van der Waals surface area contributed by atoms with Gasteiger partial charge in [-0.1, -0.05) is 18.2 Å². The minimum Gasteiger partial charge on any atom is -0.550 e. The molecule has 0 bridgehead atoms. The Morgan fingerprint density at radius 3 is 2.89 bits per heavy atom. The van der Waals surface area contributed by atoms with Gasteiger partial charge < -0.3 is 19.7 Å². The van der Waals surface area contributed by atoms with Gasteiger partial charge >= 0.3 is 0 Å². The maximum Gasteiger partial charge on any atom is 0.129 e. The predicted octanol–water partition coefficient (Wildman–Crippen LogP) is 3.57. The summed E-state index contributed by atoms with van der Waals surface area (Å²) in [7, 11) is 2.29. The number of likely N-dealkylation sites (N-methyl/N-ethyl adjacent to an activating group) is 1. The summed E-state index contributed by atoms with van der Waals surface area (Å²) in [5.74, 6) is 0.610. The van der Waals surface area contributed by atoms with E-state index in [2.05, 4.69) is 47.8 Å². The maximum atomic E-state index is 11.8. The van der Waals surface area contributed by atoms with Crippen LogP contribution in [0.4, 0.5) is 5.82 Å². The zero-order valence-electron chi connectivity index (χ0n) is 22.4. The lowest BCUT2D eigenvalue weighted by atomic mass is 9.93. The van der Waals surface area contributed by atoms with Crippen LogP contribution < -0.4 is 10.4 Å². The second-order valence-electron chi connectivity index (χ2n) is 11.4. The molecule has 2 aromatic heterocycles. The highest BCUT2D eigenvalue weighted by Gasteiger charge is 2.36. The number of carbonyl (C=O) groups excluding carboxylic acids is 1. The Morgan fingerprint density at radius 1 is 1.24 bits per heavy atom. The van der Waals surface area contributed by atoms with Crippen molar-refractivity contribution >= 4 is 11.8 Å². The predicted molar refractivity (Wildman–Crippen MR) is 144 cm³/mol. The number of carboxylic acid groups (broad SMARTS) is 1. The minimum absolute atomic E-state index is 0.0329. The number of aryl methyl sites for hydroxylation is 4. The highest BCUT2D eigenvalue weighted by Crippen LogP contribution is 2.32. The van der Waals surface area contributed by atoms with E-state index in [-0.39, 0.29) is 12.3 Å². The quantitative estimate of drug-likeness (QED) is 0.454. The van der Waals surface area contributed by atoms with Crippen LogP contribution in [-0.4, -0.2) is 58.4 Å². The lowest BCUT2D eigenvalue weighted by Gasteiger charge is -2.34. The number of rotatable bonds is 9. The molecule has 1 fully saturated rings. The first-order chi connectivity index (χ1) is 17.8. The standard InChI is InChI=1S/C30H39N5O2/c1-21-16-22(2)34(33-21)28-8-4-6-25(17-28)26(18-29(36)37)20-35(3)15-13-23(19-35)9-11-27-12-10-24-7-5-14-31-30(24)32-27/h4,6,8,10,12,16-17,23,26H,5,7,9,11,13-15,18-20H2,1-3H3,(H-,31,32,36,37)/t23-,26+,35+/m0/s1. The van der Waals surface area contributed by atoms with Gasteiger partial charge in [0.05, 0.1) is 38.1 Å². The Balaban J connectivity index is 1.25. The van der Waals surface area contributed by atoms with Crippen molar-refractivity contribution in [1.29, 1.82) is 0 Å². The smallest absolute Gasteiger partial charge is 0.129 e. The van der Waals surface area contributed by atoms with Gasteiger partial charge in [0.2, 0.25) is 0 Å². The van der Waals surface area contributed by atoms with Crippen molar-refractivity contribution in [1.82, 2.24) is 14.8 Å². The molecule has 7 nitrogen and oxygen atoms in total. The highest BCUT2D eigenvalue weighted by molar-refractivity contribution is 5.65.